The molecule has 1 aromatic rings. The van der Waals surface area contributed by atoms with Gasteiger partial charge < -0.3 is 0 Å². The molecule has 9 heavy (non-hydrogen) atoms. The van der Waals surface area contributed by atoms with Crippen LogP contribution in [0.5, 0.6) is 5.75 Å². The van der Waals surface area contributed by atoms with E-state index in [9.17, 15) is 9.90 Å². The van der Waals surface area contributed by atoms with E-state index in [1.54, 1.807) is 0 Å². The van der Waals surface area contributed by atoms with Crippen LogP contribution in [0.4, 0.5) is 0 Å². The van der Waals surface area contributed by atoms with Crippen molar-refractivity contribution < 1.29 is 9.90 Å². The molecule has 45 valence electrons. The van der Waals surface area contributed by atoms with Gasteiger partial charge in [-0.3, -0.25) is 9.90 Å². The third-order valence-corrected chi connectivity index (χ3v) is 1.02. The average Bonchev–Trinajstić information content (AvgIpc) is 1.90. The van der Waals surface area contributed by atoms with Crippen molar-refractivity contribution in [1.29, 1.82) is 0 Å². The first kappa shape index (κ1) is 5.82. The average molecular weight is 121 g/mol. The maximum atomic E-state index is 10.4. The van der Waals surface area contributed by atoms with Crippen LogP contribution < -0.4 is 0 Å². The molecule has 0 bridgehead atoms. The lowest BCUT2D eigenvalue weighted by Gasteiger charge is -1.85. The Morgan fingerprint density at radius 2 is 1.67 bits per heavy atom. The van der Waals surface area contributed by atoms with Gasteiger partial charge in [0.1, 0.15) is 6.29 Å². The molecule has 0 saturated heterocycles. The standard InChI is InChI=1S/C7H5O2/c8-5-6-1-3-7(9)4-2-6/h1-5H. The van der Waals surface area contributed by atoms with E-state index in [-0.39, 0.29) is 5.75 Å². The SMILES string of the molecule is [O]c1ccc(C=O)cc1. The minimum absolute atomic E-state index is 0.0689. The summed E-state index contributed by atoms with van der Waals surface area (Å²) in [5.41, 5.74) is 0.537. The van der Waals surface area contributed by atoms with Gasteiger partial charge >= 0.3 is 0 Å². The van der Waals surface area contributed by atoms with Gasteiger partial charge in [-0.25, -0.2) is 0 Å². The fourth-order valence-corrected chi connectivity index (χ4v) is 0.546. The Kier molecular flexibility index (Phi) is 1.49. The molecule has 2 heteroatoms. The van der Waals surface area contributed by atoms with Crippen LogP contribution in [0.2, 0.25) is 0 Å². The van der Waals surface area contributed by atoms with Crippen LogP contribution in [0.15, 0.2) is 24.3 Å². The Hall–Kier alpha value is -1.31. The van der Waals surface area contributed by atoms with Gasteiger partial charge in [0.25, 0.3) is 0 Å². The molecule has 0 heterocycles. The molecule has 0 unspecified atom stereocenters. The van der Waals surface area contributed by atoms with Gasteiger partial charge in [-0.2, -0.15) is 0 Å². The Labute approximate surface area is 52.8 Å². The van der Waals surface area contributed by atoms with E-state index >= 15 is 0 Å². The lowest BCUT2D eigenvalue weighted by atomic mass is 10.2. The molecule has 0 spiro atoms. The maximum absolute atomic E-state index is 10.4. The predicted octanol–water partition coefficient (Wildman–Crippen LogP) is 1.64. The monoisotopic (exact) mass is 121 g/mol. The van der Waals surface area contributed by atoms with Gasteiger partial charge in [0.2, 0.25) is 0 Å². The zero-order chi connectivity index (χ0) is 6.69. The van der Waals surface area contributed by atoms with Crippen molar-refractivity contribution in [3.05, 3.63) is 29.8 Å². The van der Waals surface area contributed by atoms with Crippen molar-refractivity contribution in [1.82, 2.24) is 0 Å². The quantitative estimate of drug-likeness (QED) is 0.520. The largest absolute Gasteiger partial charge is 0.298 e. The van der Waals surface area contributed by atoms with Gasteiger partial charge in [-0.1, -0.05) is 0 Å². The zero-order valence-corrected chi connectivity index (χ0v) is 4.70. The zero-order valence-electron chi connectivity index (χ0n) is 4.70. The van der Waals surface area contributed by atoms with Crippen LogP contribution in [0, 0.1) is 0 Å². The highest BCUT2D eigenvalue weighted by molar-refractivity contribution is 5.74. The van der Waals surface area contributed by atoms with Gasteiger partial charge in [0.05, 0.1) is 0 Å². The number of aldehydes is 1. The highest BCUT2D eigenvalue weighted by atomic mass is 16.3. The molecule has 0 aliphatic rings. The van der Waals surface area contributed by atoms with E-state index in [0.29, 0.717) is 11.8 Å². The first-order chi connectivity index (χ1) is 4.33. The van der Waals surface area contributed by atoms with E-state index in [4.69, 9.17) is 0 Å². The Balaban J connectivity index is 3.01. The van der Waals surface area contributed by atoms with Crippen molar-refractivity contribution >= 4 is 6.29 Å². The number of hydrogen-bond acceptors (Lipinski definition) is 1. The molecular weight excluding hydrogens is 116 g/mol. The van der Waals surface area contributed by atoms with Gasteiger partial charge in [0.15, 0.2) is 5.75 Å². The van der Waals surface area contributed by atoms with Gasteiger partial charge in [-0.05, 0) is 24.3 Å². The number of rotatable bonds is 1. The van der Waals surface area contributed by atoms with E-state index in [2.05, 4.69) is 0 Å². The lowest BCUT2D eigenvalue weighted by molar-refractivity contribution is 0.112. The summed E-state index contributed by atoms with van der Waals surface area (Å²) in [6.07, 6.45) is 0.708. The fourth-order valence-electron chi connectivity index (χ4n) is 0.546. The number of carbonyl (C=O) groups is 1. The summed E-state index contributed by atoms with van der Waals surface area (Å²) in [5, 5.41) is 10.4. The first-order valence-electron chi connectivity index (χ1n) is 2.55. The normalized spacial score (nSPS) is 8.89. The van der Waals surface area contributed by atoms with Crippen LogP contribution in [0.3, 0.4) is 0 Å². The fraction of sp³-hybridized carbons (Fsp3) is 0. The molecule has 1 rings (SSSR count). The molecule has 1 radical (unpaired) electrons. The molecule has 0 saturated carbocycles. The first-order valence-corrected chi connectivity index (χ1v) is 2.55. The van der Waals surface area contributed by atoms with Crippen LogP contribution in [-0.2, 0) is 5.11 Å². The second-order valence-corrected chi connectivity index (χ2v) is 1.69. The third-order valence-electron chi connectivity index (χ3n) is 1.02. The number of benzene rings is 1. The number of carbonyl (C=O) groups excluding carboxylic acids is 1. The Morgan fingerprint density at radius 1 is 1.11 bits per heavy atom. The van der Waals surface area contributed by atoms with Crippen LogP contribution in [0.1, 0.15) is 10.4 Å². The molecule has 1 aromatic carbocycles. The summed E-state index contributed by atoms with van der Waals surface area (Å²) in [6.45, 7) is 0. The topological polar surface area (TPSA) is 37.0 Å². The molecule has 0 aromatic heterocycles. The third kappa shape index (κ3) is 1.29. The smallest absolute Gasteiger partial charge is 0.178 e. The maximum Gasteiger partial charge on any atom is 0.178 e. The van der Waals surface area contributed by atoms with E-state index in [1.807, 2.05) is 0 Å². The molecule has 0 amide bonds. The van der Waals surface area contributed by atoms with Crippen molar-refractivity contribution in [2.75, 3.05) is 0 Å². The van der Waals surface area contributed by atoms with Crippen molar-refractivity contribution in [2.24, 2.45) is 0 Å². The van der Waals surface area contributed by atoms with Crippen molar-refractivity contribution in [2.45, 2.75) is 0 Å². The Bertz CT molecular complexity index is 201. The van der Waals surface area contributed by atoms with E-state index in [0.717, 1.165) is 0 Å². The second-order valence-electron chi connectivity index (χ2n) is 1.69. The summed E-state index contributed by atoms with van der Waals surface area (Å²) in [4.78, 5) is 10.0. The predicted molar refractivity (Wildman–Crippen MR) is 32.0 cm³/mol. The summed E-state index contributed by atoms with van der Waals surface area (Å²) < 4.78 is 0. The highest BCUT2D eigenvalue weighted by Gasteiger charge is 1.88. The number of hydrogen-bond donors (Lipinski definition) is 0. The molecule has 0 aliphatic heterocycles. The minimum Gasteiger partial charge on any atom is -0.298 e. The van der Waals surface area contributed by atoms with E-state index < -0.39 is 0 Å². The molecular formula is C7H5O2. The molecule has 0 fully saturated rings. The van der Waals surface area contributed by atoms with Gasteiger partial charge in [0, 0.05) is 5.56 Å². The van der Waals surface area contributed by atoms with Crippen LogP contribution >= 0.6 is 0 Å². The van der Waals surface area contributed by atoms with Crippen LogP contribution in [0.25, 0.3) is 0 Å². The molecule has 2 nitrogen and oxygen atoms in total. The van der Waals surface area contributed by atoms with Gasteiger partial charge in [-0.15, -0.1) is 0 Å². The van der Waals surface area contributed by atoms with Crippen molar-refractivity contribution in [3.8, 4) is 5.75 Å². The summed E-state index contributed by atoms with van der Waals surface area (Å²) in [6, 6.07) is 5.72. The summed E-state index contributed by atoms with van der Waals surface area (Å²) in [5.74, 6) is -0.0689. The summed E-state index contributed by atoms with van der Waals surface area (Å²) in [7, 11) is 0. The van der Waals surface area contributed by atoms with Crippen LogP contribution in [-0.4, -0.2) is 6.29 Å². The summed E-state index contributed by atoms with van der Waals surface area (Å²) >= 11 is 0. The minimum atomic E-state index is -0.0689. The highest BCUT2D eigenvalue weighted by Crippen LogP contribution is 2.08. The molecule has 0 aliphatic carbocycles. The Morgan fingerprint density at radius 3 is 2.11 bits per heavy atom. The van der Waals surface area contributed by atoms with Crippen molar-refractivity contribution in [3.63, 3.8) is 0 Å². The lowest BCUT2D eigenvalue weighted by Crippen LogP contribution is -1.74. The van der Waals surface area contributed by atoms with E-state index in [1.165, 1.54) is 24.3 Å². The molecule has 0 atom stereocenters. The second kappa shape index (κ2) is 2.31. The molecule has 0 N–H and O–H groups in total.